The normalized spacial score (nSPS) is 14.3. The van der Waals surface area contributed by atoms with Crippen LogP contribution in [0.3, 0.4) is 0 Å². The molecule has 10 nitrogen and oxygen atoms in total. The molecule has 0 unspecified atom stereocenters. The van der Waals surface area contributed by atoms with Crippen LogP contribution in [0, 0.1) is 13.8 Å². The number of carboxylic acids is 1. The van der Waals surface area contributed by atoms with Gasteiger partial charge in [-0.15, -0.1) is 0 Å². The highest BCUT2D eigenvalue weighted by molar-refractivity contribution is 6.30. The predicted octanol–water partition coefficient (Wildman–Crippen LogP) is 8.37. The molecule has 0 bridgehead atoms. The molecule has 2 fully saturated rings. The van der Waals surface area contributed by atoms with Gasteiger partial charge in [-0.25, -0.2) is 4.79 Å². The van der Waals surface area contributed by atoms with Gasteiger partial charge in [-0.1, -0.05) is 71.3 Å². The lowest BCUT2D eigenvalue weighted by molar-refractivity contribution is 0.0695. The molecule has 0 radical (unpaired) electrons. The number of aromatic nitrogens is 2. The van der Waals surface area contributed by atoms with E-state index in [1.54, 1.807) is 41.0 Å². The summed E-state index contributed by atoms with van der Waals surface area (Å²) in [6.07, 6.45) is 5.70. The molecule has 0 saturated carbocycles. The van der Waals surface area contributed by atoms with E-state index in [-0.39, 0.29) is 29.3 Å². The Balaban J connectivity index is 0.000000197. The second-order valence-electron chi connectivity index (χ2n) is 14.3. The number of likely N-dealkylation sites (tertiary alicyclic amines) is 2. The molecule has 11 heteroatoms. The summed E-state index contributed by atoms with van der Waals surface area (Å²) in [5.74, 6) is -1.40. The number of hydrogen-bond donors (Lipinski definition) is 2. The van der Waals surface area contributed by atoms with Gasteiger partial charge in [0.05, 0.1) is 17.8 Å². The zero-order chi connectivity index (χ0) is 39.2. The quantitative estimate of drug-likeness (QED) is 0.164. The molecule has 3 heterocycles. The van der Waals surface area contributed by atoms with Crippen molar-refractivity contribution < 1.29 is 24.3 Å². The van der Waals surface area contributed by atoms with Gasteiger partial charge in [0.1, 0.15) is 5.15 Å². The molecule has 3 amide bonds. The highest BCUT2D eigenvalue weighted by atomic mass is 35.5. The van der Waals surface area contributed by atoms with Crippen LogP contribution < -0.4 is 5.32 Å². The monoisotopic (exact) mass is 759 g/mol. The van der Waals surface area contributed by atoms with E-state index in [1.165, 1.54) is 6.07 Å². The third kappa shape index (κ3) is 9.32. The van der Waals surface area contributed by atoms with Crippen LogP contribution in [0.15, 0.2) is 91.1 Å². The number of aromatic carboxylic acids is 1. The smallest absolute Gasteiger partial charge is 0.335 e. The van der Waals surface area contributed by atoms with Crippen molar-refractivity contribution in [1.29, 1.82) is 0 Å². The number of nitrogens with zero attached hydrogens (tertiary/aromatic N) is 4. The maximum absolute atomic E-state index is 13.2. The zero-order valence-corrected chi connectivity index (χ0v) is 32.4. The summed E-state index contributed by atoms with van der Waals surface area (Å²) in [6.45, 7) is 8.89. The SMILES string of the molecule is Cc1ccc(-c2cc(C(=O)N[C@H](C)c3cnn(C)c3Cl)cc(C(=O)N3CCCC3)c2)cc1.Cc1ccc(-c2cc(C(=O)O)cc(C(=O)N3CCCC3)c2)cc1. The Morgan fingerprint density at radius 2 is 1.07 bits per heavy atom. The van der Waals surface area contributed by atoms with Gasteiger partial charge in [-0.2, -0.15) is 5.10 Å². The van der Waals surface area contributed by atoms with Crippen LogP contribution in [0.1, 0.15) is 96.8 Å². The number of carboxylic acid groups (broad SMARTS) is 1. The third-order valence-electron chi connectivity index (χ3n) is 10.1. The Labute approximate surface area is 326 Å². The van der Waals surface area contributed by atoms with E-state index in [1.807, 2.05) is 86.3 Å². The predicted molar refractivity (Wildman–Crippen MR) is 215 cm³/mol. The summed E-state index contributed by atoms with van der Waals surface area (Å²) in [5.41, 5.74) is 8.06. The van der Waals surface area contributed by atoms with Crippen molar-refractivity contribution in [3.8, 4) is 22.3 Å². The molecule has 1 aromatic heterocycles. The Hall–Kier alpha value is -5.74. The lowest BCUT2D eigenvalue weighted by atomic mass is 9.98. The second kappa shape index (κ2) is 17.2. The lowest BCUT2D eigenvalue weighted by Crippen LogP contribution is -2.29. The third-order valence-corrected chi connectivity index (χ3v) is 10.6. The number of carbonyl (C=O) groups is 4. The molecule has 5 aromatic rings. The topological polar surface area (TPSA) is 125 Å². The van der Waals surface area contributed by atoms with Crippen LogP contribution in [-0.2, 0) is 7.05 Å². The highest BCUT2D eigenvalue weighted by Crippen LogP contribution is 2.28. The molecule has 2 aliphatic rings. The molecule has 1 atom stereocenters. The molecule has 4 aromatic carbocycles. The summed E-state index contributed by atoms with van der Waals surface area (Å²) in [6, 6.07) is 25.9. The molecule has 0 aliphatic carbocycles. The number of halogens is 1. The van der Waals surface area contributed by atoms with Gasteiger partial charge in [0.25, 0.3) is 17.7 Å². The molecule has 2 N–H and O–H groups in total. The molecule has 2 aliphatic heterocycles. The minimum Gasteiger partial charge on any atom is -0.478 e. The molecule has 284 valence electrons. The highest BCUT2D eigenvalue weighted by Gasteiger charge is 2.24. The molecular formula is C44H46ClN5O5. The van der Waals surface area contributed by atoms with Crippen LogP contribution in [0.25, 0.3) is 22.3 Å². The fourth-order valence-corrected chi connectivity index (χ4v) is 7.13. The van der Waals surface area contributed by atoms with E-state index in [0.717, 1.165) is 90.8 Å². The number of rotatable bonds is 8. The molecule has 7 rings (SSSR count). The molecule has 2 saturated heterocycles. The maximum Gasteiger partial charge on any atom is 0.335 e. The molecular weight excluding hydrogens is 714 g/mol. The summed E-state index contributed by atoms with van der Waals surface area (Å²) >= 11 is 6.29. The Kier molecular flexibility index (Phi) is 12.2. The van der Waals surface area contributed by atoms with E-state index in [0.29, 0.717) is 21.8 Å². The van der Waals surface area contributed by atoms with Crippen molar-refractivity contribution in [3.63, 3.8) is 0 Å². The van der Waals surface area contributed by atoms with E-state index < -0.39 is 5.97 Å². The van der Waals surface area contributed by atoms with Gasteiger partial charge in [0.15, 0.2) is 0 Å². The van der Waals surface area contributed by atoms with Crippen molar-refractivity contribution >= 4 is 35.3 Å². The van der Waals surface area contributed by atoms with Gasteiger partial charge in [-0.05, 0) is 105 Å². The van der Waals surface area contributed by atoms with Crippen molar-refractivity contribution in [3.05, 3.63) is 135 Å². The van der Waals surface area contributed by atoms with Crippen LogP contribution in [0.4, 0.5) is 0 Å². The average molecular weight is 760 g/mol. The first kappa shape index (κ1) is 39.0. The number of carbonyl (C=O) groups excluding carboxylic acids is 3. The van der Waals surface area contributed by atoms with Gasteiger partial charge in [0.2, 0.25) is 0 Å². The van der Waals surface area contributed by atoms with E-state index in [2.05, 4.69) is 10.4 Å². The molecule has 0 spiro atoms. The Bertz CT molecular complexity index is 2200. The van der Waals surface area contributed by atoms with E-state index in [4.69, 9.17) is 11.6 Å². The summed E-state index contributed by atoms with van der Waals surface area (Å²) in [7, 11) is 1.75. The number of aryl methyl sites for hydroxylation is 3. The van der Waals surface area contributed by atoms with Gasteiger partial charge in [0, 0.05) is 55.5 Å². The minimum atomic E-state index is -1.02. The number of nitrogens with one attached hydrogen (secondary N) is 1. The van der Waals surface area contributed by atoms with Crippen LogP contribution in [0.5, 0.6) is 0 Å². The molecule has 55 heavy (non-hydrogen) atoms. The number of benzene rings is 4. The Morgan fingerprint density at radius 1 is 0.655 bits per heavy atom. The number of hydrogen-bond acceptors (Lipinski definition) is 5. The first-order valence-corrected chi connectivity index (χ1v) is 19.0. The average Bonchev–Trinajstić information content (AvgIpc) is 3.99. The number of amides is 3. The van der Waals surface area contributed by atoms with E-state index in [9.17, 15) is 24.3 Å². The summed E-state index contributed by atoms with van der Waals surface area (Å²) in [4.78, 5) is 53.9. The minimum absolute atomic E-state index is 0.0335. The van der Waals surface area contributed by atoms with E-state index >= 15 is 0 Å². The fraction of sp³-hybridized carbons (Fsp3) is 0.295. The van der Waals surface area contributed by atoms with Crippen LogP contribution in [0.2, 0.25) is 5.15 Å². The lowest BCUT2D eigenvalue weighted by Gasteiger charge is -2.18. The first-order chi connectivity index (χ1) is 26.4. The van der Waals surface area contributed by atoms with Gasteiger partial charge >= 0.3 is 5.97 Å². The Morgan fingerprint density at radius 3 is 1.49 bits per heavy atom. The van der Waals surface area contributed by atoms with Crippen molar-refractivity contribution in [2.24, 2.45) is 7.05 Å². The first-order valence-electron chi connectivity index (χ1n) is 18.6. The second-order valence-corrected chi connectivity index (χ2v) is 14.7. The summed E-state index contributed by atoms with van der Waals surface area (Å²) in [5, 5.41) is 17.0. The van der Waals surface area contributed by atoms with Crippen LogP contribution >= 0.6 is 11.6 Å². The van der Waals surface area contributed by atoms with Crippen LogP contribution in [-0.4, -0.2) is 74.6 Å². The summed E-state index contributed by atoms with van der Waals surface area (Å²) < 4.78 is 1.56. The zero-order valence-electron chi connectivity index (χ0n) is 31.6. The van der Waals surface area contributed by atoms with Crippen molar-refractivity contribution in [1.82, 2.24) is 24.9 Å². The largest absolute Gasteiger partial charge is 0.478 e. The fourth-order valence-electron chi connectivity index (χ4n) is 6.88. The standard InChI is InChI=1S/C25H27ClN4O2.C19H19NO3/c1-16-6-8-18(9-7-16)19-12-20(14-21(13-19)25(32)30-10-4-5-11-30)24(31)28-17(2)22-15-27-29(3)23(22)26;1-13-4-6-14(7-5-13)15-10-16(12-17(11-15)19(22)23)18(21)20-8-2-3-9-20/h6-9,12-15,17H,4-5,10-11H2,1-3H3,(H,28,31);4-7,10-12H,2-3,8-9H2,1H3,(H,22,23)/t17-;/m1./s1. The van der Waals surface area contributed by atoms with Gasteiger partial charge < -0.3 is 20.2 Å². The van der Waals surface area contributed by atoms with Crippen molar-refractivity contribution in [2.45, 2.75) is 52.5 Å². The maximum atomic E-state index is 13.2. The van der Waals surface area contributed by atoms with Gasteiger partial charge in [-0.3, -0.25) is 19.1 Å². The van der Waals surface area contributed by atoms with Crippen molar-refractivity contribution in [2.75, 3.05) is 26.2 Å².